The van der Waals surface area contributed by atoms with E-state index in [4.69, 9.17) is 17.3 Å². The van der Waals surface area contributed by atoms with E-state index in [1.54, 1.807) is 0 Å². The van der Waals surface area contributed by atoms with Gasteiger partial charge in [0.2, 0.25) is 0 Å². The van der Waals surface area contributed by atoms with E-state index in [1.807, 2.05) is 0 Å². The summed E-state index contributed by atoms with van der Waals surface area (Å²) in [5.41, 5.74) is 6.67. The molecule has 6 heteroatoms. The van der Waals surface area contributed by atoms with E-state index in [0.29, 0.717) is 16.3 Å². The van der Waals surface area contributed by atoms with Crippen molar-refractivity contribution in [1.29, 1.82) is 0 Å². The molecule has 1 aliphatic rings. The lowest BCUT2D eigenvalue weighted by Crippen LogP contribution is -2.37. The van der Waals surface area contributed by atoms with E-state index >= 15 is 0 Å². The predicted molar refractivity (Wildman–Crippen MR) is 66.6 cm³/mol. The van der Waals surface area contributed by atoms with Gasteiger partial charge >= 0.3 is 0 Å². The molecule has 0 spiro atoms. The second-order valence-electron chi connectivity index (χ2n) is 4.40. The molecule has 2 rings (SSSR count). The molecule has 0 bridgehead atoms. The lowest BCUT2D eigenvalue weighted by atomic mass is 10.0. The minimum absolute atomic E-state index is 0.572. The molecule has 2 unspecified atom stereocenters. The zero-order chi connectivity index (χ0) is 11.5. The summed E-state index contributed by atoms with van der Waals surface area (Å²) >= 11 is 7.25. The number of hydrogen-bond acceptors (Lipinski definition) is 5. The minimum atomic E-state index is 0.572. The van der Waals surface area contributed by atoms with Crippen LogP contribution in [0.3, 0.4) is 0 Å². The topological polar surface area (TPSA) is 55.0 Å². The predicted octanol–water partition coefficient (Wildman–Crippen LogP) is 1.75. The van der Waals surface area contributed by atoms with Crippen LogP contribution in [0.1, 0.15) is 25.0 Å². The molecule has 1 fully saturated rings. The third kappa shape index (κ3) is 2.53. The van der Waals surface area contributed by atoms with E-state index in [2.05, 4.69) is 21.5 Å². The fourth-order valence-corrected chi connectivity index (χ4v) is 3.13. The third-order valence-electron chi connectivity index (χ3n) is 3.40. The molecule has 90 valence electrons. The molecule has 0 aromatic carbocycles. The van der Waals surface area contributed by atoms with E-state index < -0.39 is 0 Å². The minimum Gasteiger partial charge on any atom is -0.330 e. The lowest BCUT2D eigenvalue weighted by molar-refractivity contribution is 0.191. The highest BCUT2D eigenvalue weighted by molar-refractivity contribution is 7.10. The summed E-state index contributed by atoms with van der Waals surface area (Å²) in [5, 5.41) is 4.04. The van der Waals surface area contributed by atoms with E-state index in [-0.39, 0.29) is 0 Å². The van der Waals surface area contributed by atoms with Gasteiger partial charge in [0.25, 0.3) is 0 Å². The van der Waals surface area contributed by atoms with Gasteiger partial charge in [-0.3, -0.25) is 4.90 Å². The normalized spacial score (nSPS) is 25.5. The van der Waals surface area contributed by atoms with Crippen LogP contribution in [0, 0.1) is 5.92 Å². The maximum absolute atomic E-state index is 6.00. The van der Waals surface area contributed by atoms with Crippen LogP contribution in [0.2, 0.25) is 4.34 Å². The molecule has 1 aliphatic carbocycles. The smallest absolute Gasteiger partial charge is 0.138 e. The van der Waals surface area contributed by atoms with Gasteiger partial charge in [-0.1, -0.05) is 22.5 Å². The number of aromatic nitrogens is 2. The number of halogens is 1. The maximum Gasteiger partial charge on any atom is 0.138 e. The molecule has 4 nitrogen and oxygen atoms in total. The molecular formula is C10H17ClN4S. The van der Waals surface area contributed by atoms with E-state index in [1.165, 1.54) is 30.8 Å². The van der Waals surface area contributed by atoms with Gasteiger partial charge in [0.1, 0.15) is 10.0 Å². The first kappa shape index (κ1) is 12.2. The number of nitrogens with zero attached hydrogens (tertiary/aromatic N) is 3. The van der Waals surface area contributed by atoms with Crippen molar-refractivity contribution < 1.29 is 0 Å². The van der Waals surface area contributed by atoms with Gasteiger partial charge in [0.05, 0.1) is 0 Å². The van der Waals surface area contributed by atoms with Crippen LogP contribution in [0.5, 0.6) is 0 Å². The number of nitrogens with two attached hydrogens (primary N) is 1. The van der Waals surface area contributed by atoms with Crippen LogP contribution in [-0.2, 0) is 6.54 Å². The van der Waals surface area contributed by atoms with Crippen molar-refractivity contribution >= 4 is 23.1 Å². The first-order chi connectivity index (χ1) is 7.72. The average Bonchev–Trinajstić information content (AvgIpc) is 2.87. The van der Waals surface area contributed by atoms with Crippen molar-refractivity contribution in [2.45, 2.75) is 31.8 Å². The summed E-state index contributed by atoms with van der Waals surface area (Å²) in [5.74, 6) is 0.621. The Morgan fingerprint density at radius 1 is 1.56 bits per heavy atom. The summed E-state index contributed by atoms with van der Waals surface area (Å²) in [6.07, 6.45) is 3.75. The van der Waals surface area contributed by atoms with Crippen LogP contribution in [0.25, 0.3) is 0 Å². The van der Waals surface area contributed by atoms with Crippen molar-refractivity contribution in [3.8, 4) is 0 Å². The molecule has 1 aromatic rings. The maximum atomic E-state index is 6.00. The SMILES string of the molecule is CN(Cc1nnsc1Cl)C1CCCC1CN. The highest BCUT2D eigenvalue weighted by Gasteiger charge is 2.29. The molecule has 0 aliphatic heterocycles. The molecule has 2 atom stereocenters. The zero-order valence-corrected chi connectivity index (χ0v) is 11.0. The molecule has 1 saturated carbocycles. The molecule has 0 radical (unpaired) electrons. The number of rotatable bonds is 4. The molecule has 0 saturated heterocycles. The largest absolute Gasteiger partial charge is 0.330 e. The summed E-state index contributed by atoms with van der Waals surface area (Å²) in [4.78, 5) is 2.31. The van der Waals surface area contributed by atoms with Crippen LogP contribution in [0.4, 0.5) is 0 Å². The first-order valence-corrected chi connectivity index (χ1v) is 6.74. The number of hydrogen-bond donors (Lipinski definition) is 1. The summed E-state index contributed by atoms with van der Waals surface area (Å²) in [7, 11) is 2.12. The second-order valence-corrected chi connectivity index (χ2v) is 5.76. The van der Waals surface area contributed by atoms with Crippen molar-refractivity contribution in [3.63, 3.8) is 0 Å². The molecule has 0 amide bonds. The van der Waals surface area contributed by atoms with Crippen LogP contribution >= 0.6 is 23.1 Å². The van der Waals surface area contributed by atoms with Crippen LogP contribution in [0.15, 0.2) is 0 Å². The second kappa shape index (κ2) is 5.40. The Bertz CT molecular complexity index is 343. The fourth-order valence-electron chi connectivity index (χ4n) is 2.52. The summed E-state index contributed by atoms with van der Waals surface area (Å²) < 4.78 is 4.55. The van der Waals surface area contributed by atoms with Gasteiger partial charge in [0.15, 0.2) is 0 Å². The first-order valence-electron chi connectivity index (χ1n) is 5.59. The van der Waals surface area contributed by atoms with Crippen molar-refractivity contribution in [2.75, 3.05) is 13.6 Å². The highest BCUT2D eigenvalue weighted by atomic mass is 35.5. The van der Waals surface area contributed by atoms with E-state index in [0.717, 1.165) is 18.8 Å². The van der Waals surface area contributed by atoms with Gasteiger partial charge in [-0.15, -0.1) is 5.10 Å². The van der Waals surface area contributed by atoms with Gasteiger partial charge in [-0.25, -0.2) is 0 Å². The van der Waals surface area contributed by atoms with Gasteiger partial charge < -0.3 is 5.73 Å². The quantitative estimate of drug-likeness (QED) is 0.896. The molecule has 1 heterocycles. The Hall–Kier alpha value is -0.230. The standard InChI is InChI=1S/C10H17ClN4S/c1-15(6-8-10(11)16-14-13-8)9-4-2-3-7(9)5-12/h7,9H,2-6,12H2,1H3. The monoisotopic (exact) mass is 260 g/mol. The van der Waals surface area contributed by atoms with E-state index in [9.17, 15) is 0 Å². The Balaban J connectivity index is 1.97. The Labute approximate surface area is 105 Å². The molecule has 2 N–H and O–H groups in total. The van der Waals surface area contributed by atoms with Crippen molar-refractivity contribution in [3.05, 3.63) is 10.0 Å². The van der Waals surface area contributed by atoms with Crippen LogP contribution < -0.4 is 5.73 Å². The summed E-state index contributed by atoms with van der Waals surface area (Å²) in [6, 6.07) is 0.572. The lowest BCUT2D eigenvalue weighted by Gasteiger charge is -2.28. The third-order valence-corrected chi connectivity index (χ3v) is 4.38. The van der Waals surface area contributed by atoms with Crippen molar-refractivity contribution in [1.82, 2.24) is 14.5 Å². The molecule has 1 aromatic heterocycles. The average molecular weight is 261 g/mol. The van der Waals surface area contributed by atoms with Gasteiger partial charge in [-0.05, 0) is 32.4 Å². The van der Waals surface area contributed by atoms with Gasteiger partial charge in [-0.2, -0.15) is 0 Å². The fraction of sp³-hybridized carbons (Fsp3) is 0.800. The highest BCUT2D eigenvalue weighted by Crippen LogP contribution is 2.30. The van der Waals surface area contributed by atoms with Gasteiger partial charge in [0, 0.05) is 24.1 Å². The Morgan fingerprint density at radius 3 is 3.00 bits per heavy atom. The van der Waals surface area contributed by atoms with Crippen molar-refractivity contribution in [2.24, 2.45) is 11.7 Å². The Morgan fingerprint density at radius 2 is 2.38 bits per heavy atom. The molecular weight excluding hydrogens is 244 g/mol. The Kier molecular flexibility index (Phi) is 4.13. The molecule has 16 heavy (non-hydrogen) atoms. The summed E-state index contributed by atoms with van der Waals surface area (Å²) in [6.45, 7) is 1.55. The van der Waals surface area contributed by atoms with Crippen LogP contribution in [-0.4, -0.2) is 34.1 Å². The zero-order valence-electron chi connectivity index (χ0n) is 9.40.